The van der Waals surface area contributed by atoms with E-state index in [1.165, 1.54) is 0 Å². The van der Waals surface area contributed by atoms with Gasteiger partial charge < -0.3 is 19.7 Å². The quantitative estimate of drug-likeness (QED) is 0.733. The van der Waals surface area contributed by atoms with Gasteiger partial charge in [0, 0.05) is 31.2 Å². The highest BCUT2D eigenvalue weighted by molar-refractivity contribution is 5.67. The molecule has 0 aliphatic carbocycles. The van der Waals surface area contributed by atoms with Crippen LogP contribution in [0.5, 0.6) is 11.6 Å². The average Bonchev–Trinajstić information content (AvgIpc) is 2.57. The first-order valence-corrected chi connectivity index (χ1v) is 7.94. The number of benzene rings is 1. The van der Waals surface area contributed by atoms with Crippen molar-refractivity contribution in [3.63, 3.8) is 0 Å². The number of aliphatic hydroxyl groups excluding tert-OH is 1. The van der Waals surface area contributed by atoms with Gasteiger partial charge in [-0.3, -0.25) is 4.57 Å². The zero-order chi connectivity index (χ0) is 16.9. The van der Waals surface area contributed by atoms with Gasteiger partial charge in [-0.1, -0.05) is 0 Å². The first kappa shape index (κ1) is 16.5. The Morgan fingerprint density at radius 3 is 2.92 bits per heavy atom. The minimum Gasteiger partial charge on any atom is -0.508 e. The Morgan fingerprint density at radius 2 is 2.08 bits per heavy atom. The van der Waals surface area contributed by atoms with E-state index in [1.807, 2.05) is 6.07 Å². The van der Waals surface area contributed by atoms with Gasteiger partial charge in [0.15, 0.2) is 0 Å². The number of hydrogen-bond donors (Lipinski definition) is 2. The third-order valence-electron chi connectivity index (χ3n) is 3.88. The molecule has 0 amide bonds. The lowest BCUT2D eigenvalue weighted by Gasteiger charge is -2.21. The summed E-state index contributed by atoms with van der Waals surface area (Å²) < 4.78 is 12.3. The maximum Gasteiger partial charge on any atom is 0.351 e. The van der Waals surface area contributed by atoms with Crippen molar-refractivity contribution in [3.8, 4) is 22.9 Å². The Labute approximate surface area is 139 Å². The predicted molar refractivity (Wildman–Crippen MR) is 87.3 cm³/mol. The fraction of sp³-hybridized carbons (Fsp3) is 0.412. The number of phenols is 1. The van der Waals surface area contributed by atoms with Gasteiger partial charge in [-0.05, 0) is 30.2 Å². The smallest absolute Gasteiger partial charge is 0.351 e. The molecule has 0 fully saturated rings. The van der Waals surface area contributed by atoms with Crippen LogP contribution in [-0.2, 0) is 17.7 Å². The third-order valence-corrected chi connectivity index (χ3v) is 3.88. The summed E-state index contributed by atoms with van der Waals surface area (Å²) in [5, 5.41) is 18.2. The summed E-state index contributed by atoms with van der Waals surface area (Å²) in [6.45, 7) is 1.70. The van der Waals surface area contributed by atoms with Crippen molar-refractivity contribution < 1.29 is 19.7 Å². The van der Waals surface area contributed by atoms with Gasteiger partial charge in [0.05, 0.1) is 25.5 Å². The standard InChI is InChI=1S/C17H20N2O5/c20-6-9-23-7-1-8-24-16-11-15-14-3-2-13(21)10-12(14)4-5-19(15)17(22)18-16/h2-3,10-11,20-21H,1,4-9H2. The summed E-state index contributed by atoms with van der Waals surface area (Å²) in [6.07, 6.45) is 1.32. The first-order valence-electron chi connectivity index (χ1n) is 7.94. The van der Waals surface area contributed by atoms with E-state index in [1.54, 1.807) is 22.8 Å². The summed E-state index contributed by atoms with van der Waals surface area (Å²) in [4.78, 5) is 16.2. The van der Waals surface area contributed by atoms with Crippen LogP contribution in [0.15, 0.2) is 29.1 Å². The molecule has 2 N–H and O–H groups in total. The second kappa shape index (κ2) is 7.46. The normalized spacial score (nSPS) is 12.5. The molecule has 7 nitrogen and oxygen atoms in total. The van der Waals surface area contributed by atoms with Gasteiger partial charge in [-0.2, -0.15) is 4.98 Å². The van der Waals surface area contributed by atoms with Gasteiger partial charge >= 0.3 is 5.69 Å². The Hall–Kier alpha value is -2.38. The molecule has 0 saturated carbocycles. The van der Waals surface area contributed by atoms with Crippen LogP contribution in [0.2, 0.25) is 0 Å². The topological polar surface area (TPSA) is 93.8 Å². The minimum atomic E-state index is -0.335. The van der Waals surface area contributed by atoms with Gasteiger partial charge in [0.2, 0.25) is 5.88 Å². The number of phenolic OH excluding ortho intramolecular Hbond substituents is 1. The Morgan fingerprint density at radius 1 is 1.21 bits per heavy atom. The minimum absolute atomic E-state index is 0.00103. The Bertz CT molecular complexity index is 772. The van der Waals surface area contributed by atoms with E-state index in [0.29, 0.717) is 39.2 Å². The second-order valence-corrected chi connectivity index (χ2v) is 5.54. The maximum atomic E-state index is 12.2. The molecule has 0 bridgehead atoms. The molecule has 128 valence electrons. The van der Waals surface area contributed by atoms with Crippen molar-refractivity contribution in [2.45, 2.75) is 19.4 Å². The zero-order valence-electron chi connectivity index (χ0n) is 13.3. The van der Waals surface area contributed by atoms with Crippen molar-refractivity contribution in [2.24, 2.45) is 0 Å². The highest BCUT2D eigenvalue weighted by Gasteiger charge is 2.19. The molecule has 1 aliphatic heterocycles. The fourth-order valence-electron chi connectivity index (χ4n) is 2.77. The molecule has 2 heterocycles. The van der Waals surface area contributed by atoms with Crippen molar-refractivity contribution >= 4 is 0 Å². The molecular weight excluding hydrogens is 312 g/mol. The fourth-order valence-corrected chi connectivity index (χ4v) is 2.77. The van der Waals surface area contributed by atoms with Gasteiger partial charge in [0.1, 0.15) is 5.75 Å². The summed E-state index contributed by atoms with van der Waals surface area (Å²) in [5.74, 6) is 0.507. The monoisotopic (exact) mass is 332 g/mol. The Balaban J connectivity index is 1.75. The first-order chi connectivity index (χ1) is 11.7. The van der Waals surface area contributed by atoms with E-state index in [0.717, 1.165) is 16.8 Å². The number of ether oxygens (including phenoxy) is 2. The van der Waals surface area contributed by atoms with E-state index in [4.69, 9.17) is 14.6 Å². The SMILES string of the molecule is O=c1nc(OCCCOCCO)cc2n1CCc1cc(O)ccc1-2. The van der Waals surface area contributed by atoms with Crippen molar-refractivity contribution in [1.82, 2.24) is 9.55 Å². The second-order valence-electron chi connectivity index (χ2n) is 5.54. The van der Waals surface area contributed by atoms with Crippen LogP contribution in [0.4, 0.5) is 0 Å². The summed E-state index contributed by atoms with van der Waals surface area (Å²) >= 11 is 0. The lowest BCUT2D eigenvalue weighted by molar-refractivity contribution is 0.0831. The van der Waals surface area contributed by atoms with Crippen molar-refractivity contribution in [3.05, 3.63) is 40.3 Å². The number of hydrogen-bond acceptors (Lipinski definition) is 6. The van der Waals surface area contributed by atoms with Crippen molar-refractivity contribution in [1.29, 1.82) is 0 Å². The molecular formula is C17H20N2O5. The molecule has 7 heteroatoms. The number of aromatic nitrogens is 2. The maximum absolute atomic E-state index is 12.2. The van der Waals surface area contributed by atoms with Crippen LogP contribution >= 0.6 is 0 Å². The average molecular weight is 332 g/mol. The molecule has 24 heavy (non-hydrogen) atoms. The van der Waals surface area contributed by atoms with E-state index in [9.17, 15) is 9.90 Å². The zero-order valence-corrected chi connectivity index (χ0v) is 13.3. The molecule has 1 aliphatic rings. The van der Waals surface area contributed by atoms with E-state index in [2.05, 4.69) is 4.98 Å². The largest absolute Gasteiger partial charge is 0.508 e. The lowest BCUT2D eigenvalue weighted by Crippen LogP contribution is -2.28. The number of aryl methyl sites for hydroxylation is 1. The van der Waals surface area contributed by atoms with Gasteiger partial charge in [-0.25, -0.2) is 4.79 Å². The van der Waals surface area contributed by atoms with E-state index in [-0.39, 0.29) is 23.9 Å². The summed E-state index contributed by atoms with van der Waals surface area (Å²) in [6, 6.07) is 6.90. The molecule has 0 atom stereocenters. The number of fused-ring (bicyclic) bond motifs is 3. The van der Waals surface area contributed by atoms with E-state index < -0.39 is 0 Å². The van der Waals surface area contributed by atoms with Gasteiger partial charge in [0.25, 0.3) is 0 Å². The van der Waals surface area contributed by atoms with Crippen LogP contribution in [0.25, 0.3) is 11.3 Å². The number of aromatic hydroxyl groups is 1. The molecule has 2 aromatic rings. The molecule has 3 rings (SSSR count). The Kier molecular flexibility index (Phi) is 5.12. The highest BCUT2D eigenvalue weighted by Crippen LogP contribution is 2.31. The summed E-state index contributed by atoms with van der Waals surface area (Å²) in [5.41, 5.74) is 2.33. The van der Waals surface area contributed by atoms with Crippen LogP contribution < -0.4 is 10.4 Å². The molecule has 0 radical (unpaired) electrons. The van der Waals surface area contributed by atoms with E-state index >= 15 is 0 Å². The predicted octanol–water partition coefficient (Wildman–Crippen LogP) is 0.950. The third kappa shape index (κ3) is 3.58. The summed E-state index contributed by atoms with van der Waals surface area (Å²) in [7, 11) is 0. The van der Waals surface area contributed by atoms with Crippen LogP contribution in [0.3, 0.4) is 0 Å². The molecule has 1 aromatic heterocycles. The number of rotatable bonds is 7. The van der Waals surface area contributed by atoms with Crippen LogP contribution in [0, 0.1) is 0 Å². The molecule has 0 saturated heterocycles. The molecule has 0 spiro atoms. The lowest BCUT2D eigenvalue weighted by atomic mass is 9.97. The van der Waals surface area contributed by atoms with Crippen molar-refractivity contribution in [2.75, 3.05) is 26.4 Å². The molecule has 0 unspecified atom stereocenters. The van der Waals surface area contributed by atoms with Crippen LogP contribution in [-0.4, -0.2) is 46.2 Å². The number of aliphatic hydroxyl groups is 1. The highest BCUT2D eigenvalue weighted by atomic mass is 16.5. The number of nitrogens with zero attached hydrogens (tertiary/aromatic N) is 2. The van der Waals surface area contributed by atoms with Crippen LogP contribution in [0.1, 0.15) is 12.0 Å². The molecule has 1 aromatic carbocycles. The van der Waals surface area contributed by atoms with Gasteiger partial charge in [-0.15, -0.1) is 0 Å².